The van der Waals surface area contributed by atoms with Crippen molar-refractivity contribution in [1.29, 1.82) is 0 Å². The van der Waals surface area contributed by atoms with Crippen molar-refractivity contribution in [2.45, 2.75) is 227 Å². The third kappa shape index (κ3) is 16.0. The SMILES string of the molecule is C1CCC(P(C2CCCCC2)C2CCCCC2)CC1.C1CCC(P(C2CCCCC2)C2CCCCC2)CC1.C=O.C=[C-]c1ccccc1.[Cl][Ru+]. The van der Waals surface area contributed by atoms with Crippen LogP contribution in [0.3, 0.4) is 0 Å². The molecule has 0 spiro atoms. The molecule has 7 rings (SSSR count). The number of halogens is 1. The number of hydrogen-bond donors (Lipinski definition) is 0. The summed E-state index contributed by atoms with van der Waals surface area (Å²) in [5.41, 5.74) is 8.19. The summed E-state index contributed by atoms with van der Waals surface area (Å²) >= 11 is 1.82. The van der Waals surface area contributed by atoms with Gasteiger partial charge in [0.15, 0.2) is 0 Å². The molecule has 286 valence electrons. The van der Waals surface area contributed by atoms with E-state index in [0.29, 0.717) is 15.8 Å². The molecule has 0 N–H and O–H groups in total. The molecule has 6 aliphatic rings. The summed E-state index contributed by atoms with van der Waals surface area (Å²) in [4.78, 5) is 8.00. The normalized spacial score (nSPS) is 23.5. The number of rotatable bonds is 7. The zero-order chi connectivity index (χ0) is 35.7. The molecule has 1 nitrogen and oxygen atoms in total. The molecule has 6 fully saturated rings. The van der Waals surface area contributed by atoms with Crippen molar-refractivity contribution in [1.82, 2.24) is 0 Å². The third-order valence-electron chi connectivity index (χ3n) is 13.0. The number of benzene rings is 1. The van der Waals surface area contributed by atoms with Crippen LogP contribution >= 0.6 is 25.5 Å². The Morgan fingerprint density at radius 2 is 0.620 bits per heavy atom. The van der Waals surface area contributed by atoms with Crippen molar-refractivity contribution in [3.63, 3.8) is 0 Å². The molecular weight excluding hydrogens is 755 g/mol. The van der Waals surface area contributed by atoms with E-state index in [9.17, 15) is 0 Å². The molecule has 1 aromatic rings. The molecule has 1 aromatic carbocycles. The second kappa shape index (κ2) is 28.8. The Balaban J connectivity index is 0.000000206. The molecule has 6 saturated carbocycles. The van der Waals surface area contributed by atoms with E-state index in [4.69, 9.17) is 4.79 Å². The van der Waals surface area contributed by atoms with E-state index in [1.165, 1.54) is 72.5 Å². The van der Waals surface area contributed by atoms with E-state index >= 15 is 0 Å². The van der Waals surface area contributed by atoms with Gasteiger partial charge in [0.25, 0.3) is 0 Å². The van der Waals surface area contributed by atoms with E-state index in [1.807, 2.05) is 54.4 Å². The predicted molar refractivity (Wildman–Crippen MR) is 222 cm³/mol. The van der Waals surface area contributed by atoms with E-state index in [0.717, 1.165) is 5.56 Å². The van der Waals surface area contributed by atoms with Crippen LogP contribution in [-0.4, -0.2) is 40.7 Å². The predicted octanol–water partition coefficient (Wildman–Crippen LogP) is 15.5. The van der Waals surface area contributed by atoms with Gasteiger partial charge in [-0.1, -0.05) is 137 Å². The Morgan fingerprint density at radius 1 is 0.420 bits per heavy atom. The van der Waals surface area contributed by atoms with Crippen molar-refractivity contribution in [2.75, 3.05) is 0 Å². The molecule has 0 bridgehead atoms. The minimum atomic E-state index is 0.385. The van der Waals surface area contributed by atoms with Gasteiger partial charge >= 0.3 is 27.0 Å². The zero-order valence-electron chi connectivity index (χ0n) is 32.0. The summed E-state index contributed by atoms with van der Waals surface area (Å²) in [5.74, 6) is 0. The van der Waals surface area contributed by atoms with Gasteiger partial charge in [0.1, 0.15) is 6.79 Å². The van der Waals surface area contributed by atoms with Crippen molar-refractivity contribution >= 4 is 32.3 Å². The monoisotopic (exact) mass is 830 g/mol. The van der Waals surface area contributed by atoms with Crippen molar-refractivity contribution in [3.05, 3.63) is 48.6 Å². The fourth-order valence-electron chi connectivity index (χ4n) is 10.6. The van der Waals surface area contributed by atoms with Crippen molar-refractivity contribution < 1.29 is 22.1 Å². The quantitative estimate of drug-likeness (QED) is 0.152. The summed E-state index contributed by atoms with van der Waals surface area (Å²) in [6.45, 7) is 5.51. The summed E-state index contributed by atoms with van der Waals surface area (Å²) in [5, 5.41) is 0. The van der Waals surface area contributed by atoms with Crippen LogP contribution in [0.15, 0.2) is 36.9 Å². The Hall–Kier alpha value is 0.403. The topological polar surface area (TPSA) is 17.1 Å². The molecule has 5 heteroatoms. The van der Waals surface area contributed by atoms with Gasteiger partial charge in [-0.05, 0) is 111 Å². The number of carbonyl (C=O) groups excluding carboxylic acids is 1. The molecule has 0 heterocycles. The first kappa shape index (κ1) is 44.8. The number of carbonyl (C=O) groups is 1. The molecular formula is C45H75ClOP2Ru. The standard InChI is InChI=1S/2C18H33P.C8H7.CH2O.ClH.Ru/c2*1-4-10-16(11-5-1)19(17-12-6-2-7-13-17)18-14-8-3-9-15-18;1-2-8-6-4-3-5-7-8;1-2;;/h2*16-18H,1-15H2;3-7H,1H2;1H2;1H;/q;;-1;;;+2/p-1. The molecule has 0 radical (unpaired) electrons. The van der Waals surface area contributed by atoms with E-state index in [2.05, 4.69) is 22.3 Å². The number of hydrogen-bond acceptors (Lipinski definition) is 1. The summed E-state index contributed by atoms with van der Waals surface area (Å²) in [6, 6.07) is 9.84. The van der Waals surface area contributed by atoms with E-state index in [-0.39, 0.29) is 0 Å². The molecule has 0 unspecified atom stereocenters. The van der Waals surface area contributed by atoms with Gasteiger partial charge in [0.05, 0.1) is 0 Å². The molecule has 0 amide bonds. The van der Waals surface area contributed by atoms with Crippen LogP contribution in [0.1, 0.15) is 198 Å². The van der Waals surface area contributed by atoms with Crippen LogP contribution in [0.5, 0.6) is 0 Å². The fraction of sp³-hybridized carbons (Fsp3) is 0.800. The van der Waals surface area contributed by atoms with Gasteiger partial charge in [-0.2, -0.15) is 30.4 Å². The molecule has 50 heavy (non-hydrogen) atoms. The second-order valence-corrected chi connectivity index (χ2v) is 22.4. The Bertz CT molecular complexity index is 788. The van der Waals surface area contributed by atoms with Gasteiger partial charge in [-0.15, -0.1) is 12.1 Å². The van der Waals surface area contributed by atoms with Crippen molar-refractivity contribution in [2.24, 2.45) is 0 Å². The Kier molecular flexibility index (Phi) is 25.8. The first-order chi connectivity index (χ1) is 24.8. The van der Waals surface area contributed by atoms with Crippen LogP contribution in [0.4, 0.5) is 0 Å². The first-order valence-corrected chi connectivity index (χ1v) is 26.7. The first-order valence-electron chi connectivity index (χ1n) is 21.4. The maximum atomic E-state index is 8.00. The molecule has 0 aliphatic heterocycles. The van der Waals surface area contributed by atoms with Gasteiger partial charge in [-0.3, -0.25) is 0 Å². The average molecular weight is 831 g/mol. The average Bonchev–Trinajstić information content (AvgIpc) is 3.23. The van der Waals surface area contributed by atoms with Crippen LogP contribution < -0.4 is 0 Å². The van der Waals surface area contributed by atoms with Gasteiger partial charge in [-0.25, -0.2) is 0 Å². The molecule has 0 aromatic heterocycles. The molecule has 0 atom stereocenters. The minimum absolute atomic E-state index is 0.385. The maximum absolute atomic E-state index is 8.00. The Morgan fingerprint density at radius 3 is 0.780 bits per heavy atom. The summed E-state index contributed by atoms with van der Waals surface area (Å²) in [7, 11) is 5.34. The van der Waals surface area contributed by atoms with Gasteiger partial charge in [0.2, 0.25) is 0 Å². The van der Waals surface area contributed by atoms with E-state index < -0.39 is 0 Å². The molecule has 6 aliphatic carbocycles. The zero-order valence-corrected chi connectivity index (χ0v) is 36.3. The van der Waals surface area contributed by atoms with Crippen LogP contribution in [0, 0.1) is 6.08 Å². The Labute approximate surface area is 327 Å². The van der Waals surface area contributed by atoms with Crippen LogP contribution in [0.2, 0.25) is 0 Å². The third-order valence-corrected chi connectivity index (χ3v) is 21.1. The van der Waals surface area contributed by atoms with Crippen LogP contribution in [-0.2, 0) is 22.1 Å². The van der Waals surface area contributed by atoms with Crippen LogP contribution in [0.25, 0.3) is 0 Å². The van der Waals surface area contributed by atoms with Gasteiger partial charge < -0.3 is 4.79 Å². The molecule has 0 saturated heterocycles. The fourth-order valence-corrected chi connectivity index (χ4v) is 20.0. The summed E-state index contributed by atoms with van der Waals surface area (Å²) in [6.07, 6.45) is 50.0. The summed E-state index contributed by atoms with van der Waals surface area (Å²) < 4.78 is 0. The second-order valence-electron chi connectivity index (χ2n) is 16.2. The van der Waals surface area contributed by atoms with Gasteiger partial charge in [0, 0.05) is 0 Å². The van der Waals surface area contributed by atoms with E-state index in [1.54, 1.807) is 154 Å². The van der Waals surface area contributed by atoms with Crippen molar-refractivity contribution in [3.8, 4) is 0 Å².